The molecule has 1 fully saturated rings. The topological polar surface area (TPSA) is 48.8 Å². The van der Waals surface area contributed by atoms with Crippen molar-refractivity contribution in [2.75, 3.05) is 9.91 Å². The van der Waals surface area contributed by atoms with E-state index in [0.717, 1.165) is 32.1 Å². The molecule has 0 aliphatic carbocycles. The first-order valence-electron chi connectivity index (χ1n) is 10.2. The Hall–Kier alpha value is -2.71. The van der Waals surface area contributed by atoms with Crippen molar-refractivity contribution >= 4 is 84.6 Å². The van der Waals surface area contributed by atoms with Crippen molar-refractivity contribution < 1.29 is 4.79 Å². The molecular formula is C24H16Cl2N4OS2. The van der Waals surface area contributed by atoms with Gasteiger partial charge >= 0.3 is 0 Å². The first kappa shape index (κ1) is 20.9. The molecule has 1 saturated heterocycles. The molecule has 4 heterocycles. The second kappa shape index (κ2) is 7.67. The number of hydrazone groups is 1. The maximum atomic E-state index is 13.3. The predicted molar refractivity (Wildman–Crippen MR) is 139 cm³/mol. The molecule has 0 saturated carbocycles. The fourth-order valence-corrected chi connectivity index (χ4v) is 6.68. The number of hydrogen-bond acceptors (Lipinski definition) is 6. The molecule has 2 aliphatic rings. The monoisotopic (exact) mass is 510 g/mol. The Balaban J connectivity index is 1.59. The summed E-state index contributed by atoms with van der Waals surface area (Å²) < 4.78 is 1.00. The van der Waals surface area contributed by atoms with Crippen LogP contribution in [-0.2, 0) is 4.79 Å². The molecule has 2 atom stereocenters. The number of thiophene rings is 1. The first-order valence-corrected chi connectivity index (χ1v) is 12.7. The van der Waals surface area contributed by atoms with E-state index in [4.69, 9.17) is 33.3 Å². The standard InChI is InChI=1S/C24H16Cl2N4OS2/c1-14-18(13-17-8-5-11-32-17)24(30(28-14)16-7-4-6-15(25)12-16)21(26)22(31)29(24)23-27-19-9-2-3-10-20(19)33-23/h2-13,21H,1H3/b18-13-. The molecule has 2 aliphatic heterocycles. The Labute approximate surface area is 208 Å². The maximum absolute atomic E-state index is 13.3. The lowest BCUT2D eigenvalue weighted by molar-refractivity contribution is -0.125. The van der Waals surface area contributed by atoms with Gasteiger partial charge in [0.15, 0.2) is 16.2 Å². The van der Waals surface area contributed by atoms with Crippen molar-refractivity contribution in [2.45, 2.75) is 18.0 Å². The van der Waals surface area contributed by atoms with Gasteiger partial charge in [0.05, 0.1) is 21.6 Å². The van der Waals surface area contributed by atoms with Crippen molar-refractivity contribution in [2.24, 2.45) is 5.10 Å². The number of para-hydroxylation sites is 1. The van der Waals surface area contributed by atoms with Crippen LogP contribution < -0.4 is 9.91 Å². The highest BCUT2D eigenvalue weighted by Crippen LogP contribution is 2.54. The van der Waals surface area contributed by atoms with Crippen molar-refractivity contribution in [3.05, 3.63) is 81.5 Å². The average molecular weight is 511 g/mol. The number of anilines is 2. The Kier molecular flexibility index (Phi) is 4.85. The number of β-lactam (4-membered cyclic amide) rings is 1. The van der Waals surface area contributed by atoms with Crippen LogP contribution in [0.15, 0.2) is 76.7 Å². The quantitative estimate of drug-likeness (QED) is 0.229. The molecule has 9 heteroatoms. The van der Waals surface area contributed by atoms with Crippen LogP contribution in [0.4, 0.5) is 10.8 Å². The van der Waals surface area contributed by atoms with E-state index in [-0.39, 0.29) is 5.91 Å². The smallest absolute Gasteiger partial charge is 0.254 e. The number of thiazole rings is 1. The molecule has 2 unspecified atom stereocenters. The van der Waals surface area contributed by atoms with Crippen molar-refractivity contribution in [3.8, 4) is 0 Å². The van der Waals surface area contributed by atoms with E-state index in [1.807, 2.05) is 78.0 Å². The lowest BCUT2D eigenvalue weighted by Crippen LogP contribution is -2.79. The van der Waals surface area contributed by atoms with Gasteiger partial charge in [0.1, 0.15) is 0 Å². The fraction of sp³-hybridized carbons (Fsp3) is 0.125. The molecule has 6 rings (SSSR count). The van der Waals surface area contributed by atoms with E-state index in [2.05, 4.69) is 6.08 Å². The molecular weight excluding hydrogens is 495 g/mol. The summed E-state index contributed by atoms with van der Waals surface area (Å²) in [4.78, 5) is 20.9. The van der Waals surface area contributed by atoms with Gasteiger partial charge in [-0.2, -0.15) is 5.10 Å². The van der Waals surface area contributed by atoms with Crippen molar-refractivity contribution in [1.82, 2.24) is 4.98 Å². The highest BCUT2D eigenvalue weighted by molar-refractivity contribution is 7.22. The third kappa shape index (κ3) is 3.00. The Morgan fingerprint density at radius 2 is 1.97 bits per heavy atom. The summed E-state index contributed by atoms with van der Waals surface area (Å²) in [6.07, 6.45) is 2.07. The molecule has 1 amide bonds. The van der Waals surface area contributed by atoms with Gasteiger partial charge in [-0.05, 0) is 54.8 Å². The minimum absolute atomic E-state index is 0.204. The summed E-state index contributed by atoms with van der Waals surface area (Å²) in [5.41, 5.74) is 2.19. The van der Waals surface area contributed by atoms with Gasteiger partial charge in [0, 0.05) is 15.5 Å². The second-order valence-electron chi connectivity index (χ2n) is 7.78. The number of halogens is 2. The number of amides is 1. The highest BCUT2D eigenvalue weighted by atomic mass is 35.5. The molecule has 5 nitrogen and oxygen atoms in total. The Morgan fingerprint density at radius 1 is 1.12 bits per heavy atom. The zero-order valence-corrected chi connectivity index (χ0v) is 20.4. The summed E-state index contributed by atoms with van der Waals surface area (Å²) in [5.74, 6) is -0.204. The second-order valence-corrected chi connectivity index (χ2v) is 10.6. The molecule has 33 heavy (non-hydrogen) atoms. The summed E-state index contributed by atoms with van der Waals surface area (Å²) in [6, 6.07) is 19.3. The summed E-state index contributed by atoms with van der Waals surface area (Å²) in [6.45, 7) is 1.94. The summed E-state index contributed by atoms with van der Waals surface area (Å²) in [7, 11) is 0. The molecule has 4 aromatic rings. The largest absolute Gasteiger partial charge is 0.272 e. The zero-order valence-electron chi connectivity index (χ0n) is 17.3. The van der Waals surface area contributed by atoms with Crippen LogP contribution in [0.5, 0.6) is 0 Å². The number of hydrogen-bond donors (Lipinski definition) is 0. The molecule has 2 aromatic carbocycles. The molecule has 0 radical (unpaired) electrons. The van der Waals surface area contributed by atoms with Gasteiger partial charge in [-0.15, -0.1) is 22.9 Å². The van der Waals surface area contributed by atoms with Crippen LogP contribution in [0.25, 0.3) is 16.3 Å². The van der Waals surface area contributed by atoms with Crippen LogP contribution in [-0.4, -0.2) is 27.6 Å². The van der Waals surface area contributed by atoms with Crippen molar-refractivity contribution in [3.63, 3.8) is 0 Å². The van der Waals surface area contributed by atoms with Gasteiger partial charge in [0.2, 0.25) is 0 Å². The van der Waals surface area contributed by atoms with Crippen LogP contribution in [0.2, 0.25) is 5.02 Å². The minimum Gasteiger partial charge on any atom is -0.272 e. The number of fused-ring (bicyclic) bond motifs is 1. The number of benzene rings is 2. The van der Waals surface area contributed by atoms with Crippen LogP contribution in [0.3, 0.4) is 0 Å². The Morgan fingerprint density at radius 3 is 2.73 bits per heavy atom. The van der Waals surface area contributed by atoms with E-state index in [1.54, 1.807) is 16.2 Å². The van der Waals surface area contributed by atoms with Crippen molar-refractivity contribution in [1.29, 1.82) is 0 Å². The molecule has 1 spiro atoms. The van der Waals surface area contributed by atoms with E-state index in [1.165, 1.54) is 11.3 Å². The van der Waals surface area contributed by atoms with E-state index < -0.39 is 11.0 Å². The maximum Gasteiger partial charge on any atom is 0.254 e. The minimum atomic E-state index is -1.05. The zero-order chi connectivity index (χ0) is 22.7. The normalized spacial score (nSPS) is 23.6. The lowest BCUT2D eigenvalue weighted by Gasteiger charge is -2.55. The van der Waals surface area contributed by atoms with Crippen LogP contribution >= 0.6 is 45.9 Å². The first-order chi connectivity index (χ1) is 16.0. The SMILES string of the molecule is CC1=NN(c2cccc(Cl)c2)C2(/C1=C\c1cccs1)C(Cl)C(=O)N2c1nc2ccccc2s1. The number of carbonyl (C=O) groups excluding carboxylic acids is 1. The summed E-state index contributed by atoms with van der Waals surface area (Å²) >= 11 is 16.3. The molecule has 0 N–H and O–H groups in total. The van der Waals surface area contributed by atoms with Gasteiger partial charge in [-0.1, -0.05) is 47.2 Å². The van der Waals surface area contributed by atoms with Crippen LogP contribution in [0.1, 0.15) is 11.8 Å². The van der Waals surface area contributed by atoms with Gasteiger partial charge < -0.3 is 0 Å². The van der Waals surface area contributed by atoms with Gasteiger partial charge in [0.25, 0.3) is 5.91 Å². The Bertz CT molecular complexity index is 1430. The molecule has 164 valence electrons. The lowest BCUT2D eigenvalue weighted by atomic mass is 9.82. The molecule has 0 bridgehead atoms. The van der Waals surface area contributed by atoms with Crippen LogP contribution in [0, 0.1) is 0 Å². The third-order valence-electron chi connectivity index (χ3n) is 5.85. The number of rotatable bonds is 3. The third-order valence-corrected chi connectivity index (χ3v) is 8.41. The molecule has 2 aromatic heterocycles. The fourth-order valence-electron chi connectivity index (χ4n) is 4.40. The van der Waals surface area contributed by atoms with E-state index in [0.29, 0.717) is 10.2 Å². The number of alkyl halides is 1. The number of nitrogens with zero attached hydrogens (tertiary/aromatic N) is 4. The van der Waals surface area contributed by atoms with E-state index >= 15 is 0 Å². The number of aromatic nitrogens is 1. The average Bonchev–Trinajstić information content (AvgIpc) is 3.54. The predicted octanol–water partition coefficient (Wildman–Crippen LogP) is 6.64. The van der Waals surface area contributed by atoms with Gasteiger partial charge in [-0.25, -0.2) is 9.99 Å². The highest BCUT2D eigenvalue weighted by Gasteiger charge is 2.69. The number of carbonyl (C=O) groups is 1. The van der Waals surface area contributed by atoms with E-state index in [9.17, 15) is 4.79 Å². The van der Waals surface area contributed by atoms with Gasteiger partial charge in [-0.3, -0.25) is 9.69 Å². The summed E-state index contributed by atoms with van der Waals surface area (Å²) in [5, 5.41) is 9.03.